The Morgan fingerprint density at radius 3 is 2.78 bits per heavy atom. The van der Waals surface area contributed by atoms with Crippen LogP contribution in [0.4, 0.5) is 0 Å². The normalized spacial score (nSPS) is 12.3. The first-order valence-corrected chi connectivity index (χ1v) is 10.9. The molecule has 2 aromatic heterocycles. The highest BCUT2D eigenvalue weighted by molar-refractivity contribution is 7.17. The lowest BCUT2D eigenvalue weighted by atomic mass is 10.2. The number of nitrogens with one attached hydrogen (secondary N) is 1. The molecule has 0 aliphatic carbocycles. The first kappa shape index (κ1) is 20.3. The minimum atomic E-state index is -0.610. The molecule has 1 amide bonds. The molecule has 1 N–H and O–H groups in total. The topological polar surface area (TPSA) is 91.6 Å². The Morgan fingerprint density at radius 1 is 1.09 bits per heavy atom. The Bertz CT molecular complexity index is 1470. The molecule has 0 unspecified atom stereocenters. The van der Waals surface area contributed by atoms with Crippen molar-refractivity contribution in [2.24, 2.45) is 0 Å². The molecule has 0 radical (unpaired) electrons. The number of hydrogen-bond donors (Lipinski definition) is 1. The number of nitrogens with zero attached hydrogens (tertiary/aromatic N) is 2. The van der Waals surface area contributed by atoms with Crippen molar-refractivity contribution >= 4 is 39.1 Å². The van der Waals surface area contributed by atoms with E-state index in [1.54, 1.807) is 41.8 Å². The van der Waals surface area contributed by atoms with E-state index in [0.29, 0.717) is 32.4 Å². The Labute approximate surface area is 190 Å². The summed E-state index contributed by atoms with van der Waals surface area (Å²) >= 11 is 7.27. The van der Waals surface area contributed by atoms with E-state index in [2.05, 4.69) is 5.32 Å². The van der Waals surface area contributed by atoms with E-state index in [0.717, 1.165) is 10.1 Å². The van der Waals surface area contributed by atoms with E-state index >= 15 is 0 Å². The Balaban J connectivity index is 1.45. The van der Waals surface area contributed by atoms with Gasteiger partial charge >= 0.3 is 5.69 Å². The number of aromatic nitrogens is 2. The molecule has 162 valence electrons. The quantitative estimate of drug-likeness (QED) is 0.485. The van der Waals surface area contributed by atoms with E-state index < -0.39 is 11.2 Å². The fourth-order valence-electron chi connectivity index (χ4n) is 3.53. The van der Waals surface area contributed by atoms with E-state index in [9.17, 15) is 14.4 Å². The van der Waals surface area contributed by atoms with Crippen LogP contribution in [0.1, 0.15) is 5.56 Å². The van der Waals surface area contributed by atoms with Gasteiger partial charge in [-0.05, 0) is 47.3 Å². The average Bonchev–Trinajstić information content (AvgIpc) is 3.45. The summed E-state index contributed by atoms with van der Waals surface area (Å²) in [6.45, 7) is 0.190. The molecule has 0 fully saturated rings. The number of thiophene rings is 1. The lowest BCUT2D eigenvalue weighted by Gasteiger charge is -2.13. The van der Waals surface area contributed by atoms with Gasteiger partial charge in [-0.25, -0.2) is 9.36 Å². The first-order chi connectivity index (χ1) is 15.5. The number of carbonyl (C=O) groups excluding carboxylic acids is 1. The van der Waals surface area contributed by atoms with Gasteiger partial charge in [0.15, 0.2) is 11.5 Å². The maximum absolute atomic E-state index is 13.2. The summed E-state index contributed by atoms with van der Waals surface area (Å²) in [6, 6.07) is 13.5. The molecule has 3 heterocycles. The van der Waals surface area contributed by atoms with Crippen molar-refractivity contribution in [3.05, 3.63) is 85.3 Å². The SMILES string of the molecule is O=C(Cn1c(=O)n(-c2cccc(Cl)c2)c(=O)c2sccc21)NCc1ccc2c(c1)OCO2. The van der Waals surface area contributed by atoms with Gasteiger partial charge in [0.05, 0.1) is 11.2 Å². The summed E-state index contributed by atoms with van der Waals surface area (Å²) in [4.78, 5) is 38.9. The van der Waals surface area contributed by atoms with Crippen LogP contribution in [0.5, 0.6) is 11.5 Å². The number of halogens is 1. The Morgan fingerprint density at radius 2 is 1.94 bits per heavy atom. The van der Waals surface area contributed by atoms with Crippen LogP contribution in [0.25, 0.3) is 15.9 Å². The second-order valence-corrected chi connectivity index (χ2v) is 8.44. The average molecular weight is 470 g/mol. The number of carbonyl (C=O) groups is 1. The minimum Gasteiger partial charge on any atom is -0.454 e. The maximum Gasteiger partial charge on any atom is 0.336 e. The van der Waals surface area contributed by atoms with Gasteiger partial charge in [-0.2, -0.15) is 0 Å². The molecule has 0 saturated heterocycles. The number of fused-ring (bicyclic) bond motifs is 2. The van der Waals surface area contributed by atoms with Crippen LogP contribution in [0.15, 0.2) is 63.5 Å². The molecule has 0 bridgehead atoms. The van der Waals surface area contributed by atoms with Gasteiger partial charge in [0.1, 0.15) is 11.2 Å². The summed E-state index contributed by atoms with van der Waals surface area (Å²) < 4.78 is 13.4. The molecule has 10 heteroatoms. The molecule has 8 nitrogen and oxygen atoms in total. The molecular formula is C22H16ClN3O5S. The fourth-order valence-corrected chi connectivity index (χ4v) is 4.54. The fraction of sp³-hybridized carbons (Fsp3) is 0.136. The Hall–Kier alpha value is -3.56. The highest BCUT2D eigenvalue weighted by Crippen LogP contribution is 2.32. The summed E-state index contributed by atoms with van der Waals surface area (Å²) in [6.07, 6.45) is 0. The molecule has 0 saturated carbocycles. The zero-order valence-corrected chi connectivity index (χ0v) is 18.1. The summed E-state index contributed by atoms with van der Waals surface area (Å²) in [7, 11) is 0. The third-order valence-electron chi connectivity index (χ3n) is 5.05. The summed E-state index contributed by atoms with van der Waals surface area (Å²) in [5, 5.41) is 4.92. The van der Waals surface area contributed by atoms with Crippen molar-refractivity contribution in [3.63, 3.8) is 0 Å². The van der Waals surface area contributed by atoms with Crippen LogP contribution < -0.4 is 26.0 Å². The highest BCUT2D eigenvalue weighted by Gasteiger charge is 2.18. The second kappa shape index (κ2) is 8.18. The molecule has 4 aromatic rings. The van der Waals surface area contributed by atoms with Crippen molar-refractivity contribution in [2.45, 2.75) is 13.1 Å². The van der Waals surface area contributed by atoms with Crippen molar-refractivity contribution in [1.29, 1.82) is 0 Å². The third-order valence-corrected chi connectivity index (χ3v) is 6.18. The van der Waals surface area contributed by atoms with Gasteiger partial charge in [0, 0.05) is 11.6 Å². The van der Waals surface area contributed by atoms with Crippen LogP contribution >= 0.6 is 22.9 Å². The van der Waals surface area contributed by atoms with E-state index in [4.69, 9.17) is 21.1 Å². The monoisotopic (exact) mass is 469 g/mol. The van der Waals surface area contributed by atoms with Crippen molar-refractivity contribution in [2.75, 3.05) is 6.79 Å². The molecule has 5 rings (SSSR count). The van der Waals surface area contributed by atoms with Crippen molar-refractivity contribution < 1.29 is 14.3 Å². The van der Waals surface area contributed by atoms with Crippen LogP contribution in [0, 0.1) is 0 Å². The zero-order chi connectivity index (χ0) is 22.2. The number of benzene rings is 2. The van der Waals surface area contributed by atoms with Gasteiger partial charge in [-0.3, -0.25) is 14.2 Å². The highest BCUT2D eigenvalue weighted by atomic mass is 35.5. The number of rotatable bonds is 5. The van der Waals surface area contributed by atoms with Gasteiger partial charge < -0.3 is 14.8 Å². The Kier molecular flexibility index (Phi) is 5.20. The van der Waals surface area contributed by atoms with E-state index in [1.165, 1.54) is 22.0 Å². The second-order valence-electron chi connectivity index (χ2n) is 7.09. The minimum absolute atomic E-state index is 0.174. The van der Waals surface area contributed by atoms with Crippen LogP contribution in [-0.4, -0.2) is 21.8 Å². The van der Waals surface area contributed by atoms with Crippen LogP contribution in [-0.2, 0) is 17.9 Å². The van der Waals surface area contributed by atoms with Crippen LogP contribution in [0.3, 0.4) is 0 Å². The van der Waals surface area contributed by atoms with Crippen molar-refractivity contribution in [1.82, 2.24) is 14.5 Å². The first-order valence-electron chi connectivity index (χ1n) is 9.65. The standard InChI is InChI=1S/C22H16ClN3O5S/c23-14-2-1-3-15(9-14)26-21(28)20-16(6-7-32-20)25(22(26)29)11-19(27)24-10-13-4-5-17-18(8-13)31-12-30-17/h1-9H,10-12H2,(H,24,27). The predicted octanol–water partition coefficient (Wildman–Crippen LogP) is 2.91. The van der Waals surface area contributed by atoms with Crippen LogP contribution in [0.2, 0.25) is 5.02 Å². The van der Waals surface area contributed by atoms with Gasteiger partial charge in [0.25, 0.3) is 5.56 Å². The van der Waals surface area contributed by atoms with Gasteiger partial charge in [-0.1, -0.05) is 23.7 Å². The lowest BCUT2D eigenvalue weighted by molar-refractivity contribution is -0.121. The lowest BCUT2D eigenvalue weighted by Crippen LogP contribution is -2.41. The van der Waals surface area contributed by atoms with Gasteiger partial charge in [-0.15, -0.1) is 11.3 Å². The molecule has 0 atom stereocenters. The van der Waals surface area contributed by atoms with Crippen molar-refractivity contribution in [3.8, 4) is 17.2 Å². The number of ether oxygens (including phenoxy) is 2. The largest absolute Gasteiger partial charge is 0.454 e. The smallest absolute Gasteiger partial charge is 0.336 e. The summed E-state index contributed by atoms with van der Waals surface area (Å²) in [5.74, 6) is 0.921. The van der Waals surface area contributed by atoms with E-state index in [1.807, 2.05) is 6.07 Å². The number of hydrogen-bond acceptors (Lipinski definition) is 6. The molecule has 2 aromatic carbocycles. The maximum atomic E-state index is 13.2. The number of amides is 1. The summed E-state index contributed by atoms with van der Waals surface area (Å²) in [5.41, 5.74) is 0.541. The predicted molar refractivity (Wildman–Crippen MR) is 121 cm³/mol. The molecule has 1 aliphatic heterocycles. The van der Waals surface area contributed by atoms with Gasteiger partial charge in [0.2, 0.25) is 12.7 Å². The van der Waals surface area contributed by atoms with E-state index in [-0.39, 0.29) is 25.8 Å². The molecule has 1 aliphatic rings. The molecular weight excluding hydrogens is 454 g/mol. The third kappa shape index (κ3) is 3.65. The molecule has 0 spiro atoms. The zero-order valence-electron chi connectivity index (χ0n) is 16.5. The molecule has 32 heavy (non-hydrogen) atoms.